The van der Waals surface area contributed by atoms with Gasteiger partial charge in [-0.1, -0.05) is 6.07 Å². The Balaban J connectivity index is 2.31. The molecule has 0 aromatic heterocycles. The Morgan fingerprint density at radius 3 is 2.35 bits per heavy atom. The highest BCUT2D eigenvalue weighted by Crippen LogP contribution is 2.17. The lowest BCUT2D eigenvalue weighted by Crippen LogP contribution is -2.15. The molecule has 2 aromatic carbocycles. The highest BCUT2D eigenvalue weighted by atomic mass is 32.2. The normalized spacial score (nSPS) is 11.1. The molecule has 0 radical (unpaired) electrons. The van der Waals surface area contributed by atoms with Crippen LogP contribution in [0.15, 0.2) is 53.4 Å². The van der Waals surface area contributed by atoms with E-state index >= 15 is 0 Å². The Bertz CT molecular complexity index is 742. The van der Waals surface area contributed by atoms with Crippen LogP contribution in [0.5, 0.6) is 0 Å². The van der Waals surface area contributed by atoms with E-state index in [1.807, 2.05) is 0 Å². The lowest BCUT2D eigenvalue weighted by molar-refractivity contribution is 0.100. The molecule has 0 aliphatic heterocycles. The van der Waals surface area contributed by atoms with E-state index in [1.165, 1.54) is 24.3 Å². The Hall–Kier alpha value is -2.41. The van der Waals surface area contributed by atoms with Gasteiger partial charge in [0.15, 0.2) is 0 Å². The van der Waals surface area contributed by atoms with Gasteiger partial charge >= 0.3 is 0 Å². The molecule has 0 aliphatic carbocycles. The van der Waals surface area contributed by atoms with Gasteiger partial charge in [-0.2, -0.15) is 0 Å². The topological polar surface area (TPSA) is 89.3 Å². The van der Waals surface area contributed by atoms with Crippen molar-refractivity contribution < 1.29 is 17.6 Å². The molecule has 0 bridgehead atoms. The third kappa shape index (κ3) is 3.12. The number of carbonyl (C=O) groups excluding carboxylic acids is 1. The molecular weight excluding hydrogens is 283 g/mol. The summed E-state index contributed by atoms with van der Waals surface area (Å²) in [6.45, 7) is 0. The van der Waals surface area contributed by atoms with Gasteiger partial charge in [0.2, 0.25) is 5.91 Å². The first-order chi connectivity index (χ1) is 9.38. The van der Waals surface area contributed by atoms with Gasteiger partial charge in [0.1, 0.15) is 5.82 Å². The Kier molecular flexibility index (Phi) is 3.71. The molecule has 2 aromatic rings. The largest absolute Gasteiger partial charge is 0.366 e. The second-order valence-corrected chi connectivity index (χ2v) is 5.69. The van der Waals surface area contributed by atoms with E-state index in [2.05, 4.69) is 4.72 Å². The third-order valence-corrected chi connectivity index (χ3v) is 3.92. The second kappa shape index (κ2) is 5.30. The molecule has 0 aliphatic rings. The maximum atomic E-state index is 12.8. The average molecular weight is 294 g/mol. The van der Waals surface area contributed by atoms with E-state index in [0.717, 1.165) is 24.3 Å². The lowest BCUT2D eigenvalue weighted by Gasteiger charge is -2.08. The number of amides is 1. The Morgan fingerprint density at radius 2 is 1.75 bits per heavy atom. The smallest absolute Gasteiger partial charge is 0.261 e. The molecule has 5 nitrogen and oxygen atoms in total. The van der Waals surface area contributed by atoms with Gasteiger partial charge in [0.05, 0.1) is 4.90 Å². The number of benzene rings is 2. The first kappa shape index (κ1) is 14.0. The van der Waals surface area contributed by atoms with Crippen molar-refractivity contribution in [2.24, 2.45) is 5.73 Å². The number of carbonyl (C=O) groups is 1. The molecule has 104 valence electrons. The summed E-state index contributed by atoms with van der Waals surface area (Å²) in [5.41, 5.74) is 5.50. The molecule has 3 N–H and O–H groups in total. The molecule has 1 amide bonds. The molecule has 0 heterocycles. The van der Waals surface area contributed by atoms with Crippen LogP contribution in [-0.4, -0.2) is 14.3 Å². The summed E-state index contributed by atoms with van der Waals surface area (Å²) in [6, 6.07) is 10.2. The van der Waals surface area contributed by atoms with Crippen LogP contribution in [-0.2, 0) is 10.0 Å². The van der Waals surface area contributed by atoms with Gasteiger partial charge in [-0.3, -0.25) is 9.52 Å². The second-order valence-electron chi connectivity index (χ2n) is 4.00. The van der Waals surface area contributed by atoms with Crippen LogP contribution in [0.25, 0.3) is 0 Å². The van der Waals surface area contributed by atoms with Crippen LogP contribution in [0.1, 0.15) is 10.4 Å². The van der Waals surface area contributed by atoms with Crippen molar-refractivity contribution in [1.29, 1.82) is 0 Å². The van der Waals surface area contributed by atoms with E-state index < -0.39 is 21.7 Å². The SMILES string of the molecule is NC(=O)c1cccc(NS(=O)(=O)c2ccc(F)cc2)c1. The van der Waals surface area contributed by atoms with E-state index in [0.29, 0.717) is 0 Å². The van der Waals surface area contributed by atoms with Crippen LogP contribution in [0.3, 0.4) is 0 Å². The molecule has 0 unspecified atom stereocenters. The highest BCUT2D eigenvalue weighted by molar-refractivity contribution is 7.92. The zero-order chi connectivity index (χ0) is 14.8. The molecule has 0 spiro atoms. The van der Waals surface area contributed by atoms with Crippen molar-refractivity contribution in [3.8, 4) is 0 Å². The quantitative estimate of drug-likeness (QED) is 0.899. The monoisotopic (exact) mass is 294 g/mol. The fraction of sp³-hybridized carbons (Fsp3) is 0. The average Bonchev–Trinajstić information content (AvgIpc) is 2.39. The van der Waals surface area contributed by atoms with E-state index in [-0.39, 0.29) is 16.1 Å². The molecule has 0 saturated carbocycles. The maximum absolute atomic E-state index is 12.8. The summed E-state index contributed by atoms with van der Waals surface area (Å²) in [5, 5.41) is 0. The zero-order valence-electron chi connectivity index (χ0n) is 10.2. The fourth-order valence-corrected chi connectivity index (χ4v) is 2.61. The number of nitrogens with one attached hydrogen (secondary N) is 1. The summed E-state index contributed by atoms with van der Waals surface area (Å²) < 4.78 is 39.2. The maximum Gasteiger partial charge on any atom is 0.261 e. The number of sulfonamides is 1. The van der Waals surface area contributed by atoms with Crippen LogP contribution in [0, 0.1) is 5.82 Å². The first-order valence-corrected chi connectivity index (χ1v) is 7.05. The molecule has 2 rings (SSSR count). The van der Waals surface area contributed by atoms with Gasteiger partial charge in [-0.05, 0) is 42.5 Å². The van der Waals surface area contributed by atoms with Gasteiger partial charge < -0.3 is 5.73 Å². The van der Waals surface area contributed by atoms with E-state index in [9.17, 15) is 17.6 Å². The number of hydrogen-bond donors (Lipinski definition) is 2. The predicted molar refractivity (Wildman–Crippen MR) is 72.2 cm³/mol. The zero-order valence-corrected chi connectivity index (χ0v) is 11.0. The van der Waals surface area contributed by atoms with Crippen molar-refractivity contribution in [3.05, 3.63) is 59.9 Å². The Labute approximate surface area is 115 Å². The minimum absolute atomic E-state index is 0.0802. The highest BCUT2D eigenvalue weighted by Gasteiger charge is 2.14. The number of primary amides is 1. The van der Waals surface area contributed by atoms with Crippen molar-refractivity contribution >= 4 is 21.6 Å². The number of nitrogens with two attached hydrogens (primary N) is 1. The first-order valence-electron chi connectivity index (χ1n) is 5.57. The standard InChI is InChI=1S/C13H11FN2O3S/c14-10-4-6-12(7-5-10)20(18,19)16-11-3-1-2-9(8-11)13(15)17/h1-8,16H,(H2,15,17). The fourth-order valence-electron chi connectivity index (χ4n) is 1.56. The van der Waals surface area contributed by atoms with Gasteiger partial charge in [-0.25, -0.2) is 12.8 Å². The number of rotatable bonds is 4. The van der Waals surface area contributed by atoms with Crippen molar-refractivity contribution in [3.63, 3.8) is 0 Å². The Morgan fingerprint density at radius 1 is 1.10 bits per heavy atom. The van der Waals surface area contributed by atoms with Crippen molar-refractivity contribution in [2.45, 2.75) is 4.90 Å². The predicted octanol–water partition coefficient (Wildman–Crippen LogP) is 1.73. The van der Waals surface area contributed by atoms with Crippen LogP contribution < -0.4 is 10.5 Å². The summed E-state index contributed by atoms with van der Waals surface area (Å²) in [5.74, 6) is -1.19. The van der Waals surface area contributed by atoms with Gasteiger partial charge in [0.25, 0.3) is 10.0 Å². The lowest BCUT2D eigenvalue weighted by atomic mass is 10.2. The number of halogens is 1. The van der Waals surface area contributed by atoms with Crippen molar-refractivity contribution in [1.82, 2.24) is 0 Å². The minimum atomic E-state index is -3.84. The molecule has 0 saturated heterocycles. The molecular formula is C13H11FN2O3S. The number of hydrogen-bond acceptors (Lipinski definition) is 3. The molecule has 0 fully saturated rings. The summed E-state index contributed by atoms with van der Waals surface area (Å²) >= 11 is 0. The van der Waals surface area contributed by atoms with Crippen molar-refractivity contribution in [2.75, 3.05) is 4.72 Å². The summed E-state index contributed by atoms with van der Waals surface area (Å²) in [7, 11) is -3.84. The van der Waals surface area contributed by atoms with Gasteiger partial charge in [0, 0.05) is 11.3 Å². The minimum Gasteiger partial charge on any atom is -0.366 e. The van der Waals surface area contributed by atoms with Gasteiger partial charge in [-0.15, -0.1) is 0 Å². The van der Waals surface area contributed by atoms with E-state index in [4.69, 9.17) is 5.73 Å². The molecule has 7 heteroatoms. The van der Waals surface area contributed by atoms with Crippen LogP contribution in [0.2, 0.25) is 0 Å². The van der Waals surface area contributed by atoms with E-state index in [1.54, 1.807) is 0 Å². The summed E-state index contributed by atoms with van der Waals surface area (Å²) in [4.78, 5) is 10.9. The number of anilines is 1. The molecule has 0 atom stereocenters. The van der Waals surface area contributed by atoms with Crippen LogP contribution in [0.4, 0.5) is 10.1 Å². The summed E-state index contributed by atoms with van der Waals surface area (Å²) in [6.07, 6.45) is 0. The molecule has 20 heavy (non-hydrogen) atoms. The van der Waals surface area contributed by atoms with Crippen LogP contribution >= 0.6 is 0 Å². The third-order valence-electron chi connectivity index (χ3n) is 2.52.